The zero-order valence-corrected chi connectivity index (χ0v) is 16.7. The minimum atomic E-state index is -0.0699. The van der Waals surface area contributed by atoms with E-state index in [4.69, 9.17) is 11.6 Å². The van der Waals surface area contributed by atoms with E-state index in [0.29, 0.717) is 22.8 Å². The number of rotatable bonds is 3. The van der Waals surface area contributed by atoms with E-state index < -0.39 is 0 Å². The Hall–Kier alpha value is -1.98. The molecular formula is C21H21ClN2O2S. The summed E-state index contributed by atoms with van der Waals surface area (Å²) in [5, 5.41) is 2.60. The third kappa shape index (κ3) is 3.46. The van der Waals surface area contributed by atoms with Gasteiger partial charge in [-0.1, -0.05) is 30.3 Å². The minimum absolute atomic E-state index is 0.00642. The Morgan fingerprint density at radius 3 is 2.89 bits per heavy atom. The van der Waals surface area contributed by atoms with Crippen LogP contribution in [0.1, 0.15) is 53.5 Å². The van der Waals surface area contributed by atoms with Crippen LogP contribution in [0, 0.1) is 5.92 Å². The van der Waals surface area contributed by atoms with Gasteiger partial charge in [0.05, 0.1) is 0 Å². The lowest BCUT2D eigenvalue weighted by Crippen LogP contribution is -2.43. The second-order valence-corrected chi connectivity index (χ2v) is 8.49. The van der Waals surface area contributed by atoms with Crippen LogP contribution in [0.15, 0.2) is 41.4 Å². The zero-order chi connectivity index (χ0) is 19.0. The van der Waals surface area contributed by atoms with Gasteiger partial charge in [-0.2, -0.15) is 0 Å². The highest BCUT2D eigenvalue weighted by Crippen LogP contribution is 2.39. The average molecular weight is 401 g/mol. The largest absolute Gasteiger partial charge is 0.311 e. The number of likely N-dealkylation sites (tertiary alicyclic amines) is 1. The number of halogens is 1. The van der Waals surface area contributed by atoms with Gasteiger partial charge in [-0.3, -0.25) is 9.59 Å². The second-order valence-electron chi connectivity index (χ2n) is 7.07. The summed E-state index contributed by atoms with van der Waals surface area (Å²) in [5.74, 6) is 0.183. The molecule has 0 N–H and O–H groups in total. The van der Waals surface area contributed by atoms with Gasteiger partial charge < -0.3 is 4.90 Å². The van der Waals surface area contributed by atoms with E-state index in [-0.39, 0.29) is 23.0 Å². The summed E-state index contributed by atoms with van der Waals surface area (Å²) in [7, 11) is 0. The van der Waals surface area contributed by atoms with E-state index in [9.17, 15) is 9.59 Å². The van der Waals surface area contributed by atoms with Gasteiger partial charge in [0.25, 0.3) is 5.91 Å². The van der Waals surface area contributed by atoms with Crippen LogP contribution in [0.5, 0.6) is 0 Å². The molecule has 0 bridgehead atoms. The molecule has 4 nitrogen and oxygen atoms in total. The van der Waals surface area contributed by atoms with Crippen molar-refractivity contribution in [1.82, 2.24) is 9.88 Å². The number of thiazole rings is 1. The summed E-state index contributed by atoms with van der Waals surface area (Å²) in [6.07, 6.45) is 6.13. The standard InChI is InChI=1S/C21H21ClN2O2S/c1-13(25)14-6-2-3-7-15(14)20-23-18(12-27-20)21(26)24-11-10-17(22)16-8-4-5-9-19(16)24/h2-3,6-7,9,12,16-17H,4-5,8,10-11H2,1H3. The summed E-state index contributed by atoms with van der Waals surface area (Å²) in [4.78, 5) is 31.5. The van der Waals surface area contributed by atoms with Gasteiger partial charge in [0, 0.05) is 40.0 Å². The molecule has 1 fully saturated rings. The number of amides is 1. The predicted molar refractivity (Wildman–Crippen MR) is 108 cm³/mol. The number of carbonyl (C=O) groups is 2. The van der Waals surface area contributed by atoms with Crippen molar-refractivity contribution >= 4 is 34.6 Å². The van der Waals surface area contributed by atoms with Gasteiger partial charge >= 0.3 is 0 Å². The summed E-state index contributed by atoms with van der Waals surface area (Å²) in [6, 6.07) is 7.39. The number of alkyl halides is 1. The van der Waals surface area contributed by atoms with Crippen molar-refractivity contribution in [3.05, 3.63) is 52.7 Å². The monoisotopic (exact) mass is 400 g/mol. The van der Waals surface area contributed by atoms with Crippen LogP contribution in [0.4, 0.5) is 0 Å². The van der Waals surface area contributed by atoms with Crippen LogP contribution >= 0.6 is 22.9 Å². The number of carbonyl (C=O) groups excluding carboxylic acids is 2. The molecule has 1 aliphatic carbocycles. The topological polar surface area (TPSA) is 50.3 Å². The van der Waals surface area contributed by atoms with Gasteiger partial charge in [0.15, 0.2) is 5.78 Å². The molecular weight excluding hydrogens is 380 g/mol. The van der Waals surface area contributed by atoms with Crippen molar-refractivity contribution < 1.29 is 9.59 Å². The number of allylic oxidation sites excluding steroid dienone is 2. The van der Waals surface area contributed by atoms with E-state index in [1.54, 1.807) is 18.4 Å². The molecule has 2 unspecified atom stereocenters. The number of aromatic nitrogens is 1. The van der Waals surface area contributed by atoms with Crippen LogP contribution in [-0.4, -0.2) is 33.5 Å². The van der Waals surface area contributed by atoms with E-state index in [0.717, 1.165) is 36.9 Å². The number of ketones is 1. The Bertz CT molecular complexity index is 920. The molecule has 1 aromatic heterocycles. The first-order valence-corrected chi connectivity index (χ1v) is 10.6. The maximum atomic E-state index is 13.1. The average Bonchev–Trinajstić information content (AvgIpc) is 3.18. The highest BCUT2D eigenvalue weighted by molar-refractivity contribution is 7.13. The van der Waals surface area contributed by atoms with Crippen molar-refractivity contribution in [2.75, 3.05) is 6.54 Å². The SMILES string of the molecule is CC(=O)c1ccccc1-c1nc(C(=O)N2CCC(Cl)C3CCCC=C32)cs1. The molecule has 2 heterocycles. The normalized spacial score (nSPS) is 22.1. The molecule has 4 rings (SSSR count). The lowest BCUT2D eigenvalue weighted by Gasteiger charge is -2.40. The molecule has 0 saturated carbocycles. The number of hydrogen-bond donors (Lipinski definition) is 0. The van der Waals surface area contributed by atoms with Gasteiger partial charge in [-0.25, -0.2) is 4.98 Å². The quantitative estimate of drug-likeness (QED) is 0.528. The van der Waals surface area contributed by atoms with Crippen molar-refractivity contribution in [2.45, 2.75) is 38.0 Å². The van der Waals surface area contributed by atoms with Gasteiger partial charge in [-0.05, 0) is 32.6 Å². The van der Waals surface area contributed by atoms with Gasteiger partial charge in [0.2, 0.25) is 0 Å². The Balaban J connectivity index is 1.63. The molecule has 27 heavy (non-hydrogen) atoms. The lowest BCUT2D eigenvalue weighted by molar-refractivity contribution is 0.0746. The molecule has 6 heteroatoms. The van der Waals surface area contributed by atoms with Crippen LogP contribution in [0.25, 0.3) is 10.6 Å². The third-order valence-corrected chi connectivity index (χ3v) is 6.73. The smallest absolute Gasteiger partial charge is 0.277 e. The molecule has 2 aromatic rings. The number of piperidine rings is 1. The zero-order valence-electron chi connectivity index (χ0n) is 15.2. The fourth-order valence-corrected chi connectivity index (χ4v) is 5.16. The van der Waals surface area contributed by atoms with Crippen LogP contribution < -0.4 is 0 Å². The maximum Gasteiger partial charge on any atom is 0.277 e. The Morgan fingerprint density at radius 2 is 2.07 bits per heavy atom. The van der Waals surface area contributed by atoms with Crippen LogP contribution in [0.2, 0.25) is 0 Å². The van der Waals surface area contributed by atoms with E-state index >= 15 is 0 Å². The Morgan fingerprint density at radius 1 is 1.26 bits per heavy atom. The van der Waals surface area contributed by atoms with Crippen molar-refractivity contribution in [2.24, 2.45) is 5.92 Å². The molecule has 1 aliphatic heterocycles. The van der Waals surface area contributed by atoms with Crippen LogP contribution in [0.3, 0.4) is 0 Å². The maximum absolute atomic E-state index is 13.1. The number of hydrogen-bond acceptors (Lipinski definition) is 4. The summed E-state index contributed by atoms with van der Waals surface area (Å²) >= 11 is 7.91. The molecule has 0 spiro atoms. The third-order valence-electron chi connectivity index (χ3n) is 5.33. The molecule has 0 radical (unpaired) electrons. The summed E-state index contributed by atoms with van der Waals surface area (Å²) in [5.41, 5.74) is 2.91. The number of fused-ring (bicyclic) bond motifs is 1. The molecule has 140 valence electrons. The summed E-state index contributed by atoms with van der Waals surface area (Å²) in [6.45, 7) is 2.18. The van der Waals surface area contributed by atoms with Crippen molar-refractivity contribution in [3.63, 3.8) is 0 Å². The number of nitrogens with zero attached hydrogens (tertiary/aromatic N) is 2. The fraction of sp³-hybridized carbons (Fsp3) is 0.381. The van der Waals surface area contributed by atoms with E-state index in [2.05, 4.69) is 11.1 Å². The summed E-state index contributed by atoms with van der Waals surface area (Å²) < 4.78 is 0. The van der Waals surface area contributed by atoms with Crippen LogP contribution in [-0.2, 0) is 0 Å². The first-order chi connectivity index (χ1) is 13.1. The first kappa shape index (κ1) is 18.4. The lowest BCUT2D eigenvalue weighted by atomic mass is 9.84. The van der Waals surface area contributed by atoms with Gasteiger partial charge in [-0.15, -0.1) is 22.9 Å². The molecule has 1 amide bonds. The Kier molecular flexibility index (Phi) is 5.15. The predicted octanol–water partition coefficient (Wildman–Crippen LogP) is 5.15. The molecule has 1 aromatic carbocycles. The molecule has 2 aliphatic rings. The van der Waals surface area contributed by atoms with Crippen molar-refractivity contribution in [1.29, 1.82) is 0 Å². The highest BCUT2D eigenvalue weighted by atomic mass is 35.5. The first-order valence-electron chi connectivity index (χ1n) is 9.28. The van der Waals surface area contributed by atoms with Crippen molar-refractivity contribution in [3.8, 4) is 10.6 Å². The van der Waals surface area contributed by atoms with E-state index in [1.807, 2.05) is 23.1 Å². The molecule has 2 atom stereocenters. The number of benzene rings is 1. The van der Waals surface area contributed by atoms with E-state index in [1.165, 1.54) is 11.3 Å². The fourth-order valence-electron chi connectivity index (χ4n) is 3.98. The Labute approximate surface area is 167 Å². The second kappa shape index (κ2) is 7.56. The van der Waals surface area contributed by atoms with Gasteiger partial charge in [0.1, 0.15) is 10.7 Å². The minimum Gasteiger partial charge on any atom is -0.311 e. The highest BCUT2D eigenvalue weighted by Gasteiger charge is 2.36. The number of Topliss-reactive ketones (excluding diaryl/α,β-unsaturated/α-hetero) is 1. The molecule has 1 saturated heterocycles.